The highest BCUT2D eigenvalue weighted by molar-refractivity contribution is 6.30. The number of aromatic nitrogens is 2. The zero-order valence-corrected chi connectivity index (χ0v) is 15.5. The lowest BCUT2D eigenvalue weighted by Crippen LogP contribution is -2.28. The Bertz CT molecular complexity index is 1200. The minimum absolute atomic E-state index is 0.00550. The lowest BCUT2D eigenvalue weighted by atomic mass is 10.2. The number of hydrogen-bond donors (Lipinski definition) is 1. The van der Waals surface area contributed by atoms with Crippen LogP contribution in [0.5, 0.6) is 0 Å². The number of halogens is 1. The average molecular weight is 394 g/mol. The second-order valence-electron chi connectivity index (χ2n) is 6.23. The number of furan rings is 1. The summed E-state index contributed by atoms with van der Waals surface area (Å²) in [4.78, 5) is 24.2. The Morgan fingerprint density at radius 1 is 1.07 bits per heavy atom. The fourth-order valence-corrected chi connectivity index (χ4v) is 3.03. The van der Waals surface area contributed by atoms with Crippen LogP contribution in [0.2, 0.25) is 5.02 Å². The van der Waals surface area contributed by atoms with Crippen LogP contribution in [0, 0.1) is 0 Å². The number of carbonyl (C=O) groups excluding carboxylic acids is 1. The molecular formula is C21H16ClN3O3. The number of carbonyl (C=O) groups is 1. The van der Waals surface area contributed by atoms with Crippen molar-refractivity contribution in [2.24, 2.45) is 0 Å². The molecule has 0 saturated heterocycles. The minimum Gasteiger partial charge on any atom is -0.459 e. The van der Waals surface area contributed by atoms with E-state index in [-0.39, 0.29) is 24.4 Å². The summed E-state index contributed by atoms with van der Waals surface area (Å²) in [5, 5.41) is 8.06. The maximum Gasteiger partial charge on any atom is 0.242 e. The number of nitrogens with one attached hydrogen (secondary N) is 1. The van der Waals surface area contributed by atoms with Crippen LogP contribution >= 0.6 is 11.6 Å². The van der Waals surface area contributed by atoms with Gasteiger partial charge in [0.25, 0.3) is 0 Å². The first-order chi connectivity index (χ1) is 13.6. The van der Waals surface area contributed by atoms with E-state index < -0.39 is 0 Å². The fraction of sp³-hybridized carbons (Fsp3) is 0.0952. The van der Waals surface area contributed by atoms with Gasteiger partial charge >= 0.3 is 0 Å². The number of rotatable bonds is 5. The van der Waals surface area contributed by atoms with Crippen molar-refractivity contribution in [1.82, 2.24) is 15.1 Å². The van der Waals surface area contributed by atoms with Crippen molar-refractivity contribution >= 4 is 28.4 Å². The maximum absolute atomic E-state index is 12.3. The van der Waals surface area contributed by atoms with Gasteiger partial charge in [-0.25, -0.2) is 0 Å². The van der Waals surface area contributed by atoms with E-state index in [0.29, 0.717) is 27.4 Å². The Hall–Kier alpha value is -3.38. The standard InChI is InChI=1S/C21H16ClN3O3/c22-15-7-5-14(6-8-15)20-10-9-16(28-20)11-23-21(27)13-25-18-4-2-1-3-17(18)19(26)12-24-25/h1-10,12H,11,13H2,(H,23,27). The molecule has 0 fully saturated rings. The van der Waals surface area contributed by atoms with Crippen molar-refractivity contribution in [3.8, 4) is 11.3 Å². The number of para-hydroxylation sites is 1. The highest BCUT2D eigenvalue weighted by Gasteiger charge is 2.10. The Morgan fingerprint density at radius 3 is 2.68 bits per heavy atom. The van der Waals surface area contributed by atoms with Crippen LogP contribution < -0.4 is 10.7 Å². The third-order valence-electron chi connectivity index (χ3n) is 4.31. The second-order valence-corrected chi connectivity index (χ2v) is 6.67. The normalized spacial score (nSPS) is 10.9. The molecule has 2 heterocycles. The molecule has 4 rings (SSSR count). The molecule has 1 N–H and O–H groups in total. The lowest BCUT2D eigenvalue weighted by molar-refractivity contribution is -0.122. The minimum atomic E-state index is -0.231. The highest BCUT2D eigenvalue weighted by Crippen LogP contribution is 2.23. The van der Waals surface area contributed by atoms with E-state index in [1.165, 1.54) is 10.9 Å². The molecule has 2 aromatic heterocycles. The average Bonchev–Trinajstić information content (AvgIpc) is 3.18. The largest absolute Gasteiger partial charge is 0.459 e. The van der Waals surface area contributed by atoms with Gasteiger partial charge in [-0.1, -0.05) is 23.7 Å². The molecule has 0 radical (unpaired) electrons. The fourth-order valence-electron chi connectivity index (χ4n) is 2.91. The van der Waals surface area contributed by atoms with Gasteiger partial charge in [0.05, 0.1) is 18.3 Å². The van der Waals surface area contributed by atoms with Gasteiger partial charge < -0.3 is 9.73 Å². The van der Waals surface area contributed by atoms with E-state index in [9.17, 15) is 9.59 Å². The molecular weight excluding hydrogens is 378 g/mol. The summed E-state index contributed by atoms with van der Waals surface area (Å²) in [6.07, 6.45) is 1.22. The van der Waals surface area contributed by atoms with Gasteiger partial charge in [-0.15, -0.1) is 0 Å². The summed E-state index contributed by atoms with van der Waals surface area (Å²) >= 11 is 5.90. The molecule has 0 saturated carbocycles. The molecule has 0 aliphatic rings. The van der Waals surface area contributed by atoms with Crippen LogP contribution in [-0.2, 0) is 17.9 Å². The number of amides is 1. The molecule has 7 heteroatoms. The molecule has 0 spiro atoms. The van der Waals surface area contributed by atoms with Crippen molar-refractivity contribution in [3.05, 3.63) is 87.9 Å². The Morgan fingerprint density at radius 2 is 1.86 bits per heavy atom. The molecule has 4 aromatic rings. The Labute approximate surface area is 165 Å². The van der Waals surface area contributed by atoms with Gasteiger partial charge in [-0.2, -0.15) is 5.10 Å². The summed E-state index contributed by atoms with van der Waals surface area (Å²) in [6, 6.07) is 18.1. The number of hydrogen-bond acceptors (Lipinski definition) is 4. The highest BCUT2D eigenvalue weighted by atomic mass is 35.5. The summed E-state index contributed by atoms with van der Waals surface area (Å²) in [5.74, 6) is 1.11. The van der Waals surface area contributed by atoms with Crippen molar-refractivity contribution in [3.63, 3.8) is 0 Å². The van der Waals surface area contributed by atoms with E-state index in [4.69, 9.17) is 16.0 Å². The predicted octanol–water partition coefficient (Wildman–Crippen LogP) is 3.63. The first kappa shape index (κ1) is 18.0. The van der Waals surface area contributed by atoms with Gasteiger partial charge in [0.2, 0.25) is 11.3 Å². The molecule has 140 valence electrons. The van der Waals surface area contributed by atoms with Gasteiger partial charge in [-0.3, -0.25) is 14.3 Å². The van der Waals surface area contributed by atoms with E-state index in [0.717, 1.165) is 5.56 Å². The topological polar surface area (TPSA) is 77.1 Å². The summed E-state index contributed by atoms with van der Waals surface area (Å²) in [7, 11) is 0. The molecule has 0 aliphatic carbocycles. The van der Waals surface area contributed by atoms with Crippen molar-refractivity contribution in [2.75, 3.05) is 0 Å². The van der Waals surface area contributed by atoms with Crippen molar-refractivity contribution in [1.29, 1.82) is 0 Å². The molecule has 2 aromatic carbocycles. The van der Waals surface area contributed by atoms with Crippen LogP contribution in [0.3, 0.4) is 0 Å². The quantitative estimate of drug-likeness (QED) is 0.561. The smallest absolute Gasteiger partial charge is 0.242 e. The van der Waals surface area contributed by atoms with Gasteiger partial charge in [0.15, 0.2) is 0 Å². The molecule has 0 unspecified atom stereocenters. The monoisotopic (exact) mass is 393 g/mol. The van der Waals surface area contributed by atoms with Crippen LogP contribution in [0.15, 0.2) is 76.1 Å². The second kappa shape index (κ2) is 7.70. The van der Waals surface area contributed by atoms with Gasteiger partial charge in [0.1, 0.15) is 18.1 Å². The summed E-state index contributed by atoms with van der Waals surface area (Å²) in [5.41, 5.74) is 1.36. The molecule has 1 amide bonds. The summed E-state index contributed by atoms with van der Waals surface area (Å²) in [6.45, 7) is 0.260. The van der Waals surface area contributed by atoms with E-state index in [1.54, 1.807) is 36.4 Å². The van der Waals surface area contributed by atoms with E-state index >= 15 is 0 Å². The number of benzene rings is 2. The SMILES string of the molecule is O=C(Cn1ncc(=O)c2ccccc21)NCc1ccc(-c2ccc(Cl)cc2)o1. The van der Waals surface area contributed by atoms with Crippen LogP contribution in [0.25, 0.3) is 22.2 Å². The van der Waals surface area contributed by atoms with Gasteiger partial charge in [-0.05, 0) is 48.5 Å². The van der Waals surface area contributed by atoms with Crippen LogP contribution in [0.4, 0.5) is 0 Å². The number of nitrogens with zero attached hydrogens (tertiary/aromatic N) is 2. The molecule has 0 bridgehead atoms. The third kappa shape index (κ3) is 3.82. The van der Waals surface area contributed by atoms with Crippen molar-refractivity contribution < 1.29 is 9.21 Å². The van der Waals surface area contributed by atoms with E-state index in [1.807, 2.05) is 24.3 Å². The van der Waals surface area contributed by atoms with Crippen LogP contribution in [0.1, 0.15) is 5.76 Å². The van der Waals surface area contributed by atoms with Crippen molar-refractivity contribution in [2.45, 2.75) is 13.1 Å². The maximum atomic E-state index is 12.3. The third-order valence-corrected chi connectivity index (χ3v) is 4.56. The first-order valence-electron chi connectivity index (χ1n) is 8.66. The zero-order chi connectivity index (χ0) is 19.5. The first-order valence-corrected chi connectivity index (χ1v) is 9.04. The molecule has 0 atom stereocenters. The molecule has 6 nitrogen and oxygen atoms in total. The Kier molecular flexibility index (Phi) is 4.95. The van der Waals surface area contributed by atoms with Crippen LogP contribution in [-0.4, -0.2) is 15.7 Å². The number of fused-ring (bicyclic) bond motifs is 1. The molecule has 28 heavy (non-hydrogen) atoms. The lowest BCUT2D eigenvalue weighted by Gasteiger charge is -2.09. The Balaban J connectivity index is 1.42. The molecule has 0 aliphatic heterocycles. The van der Waals surface area contributed by atoms with Gasteiger partial charge in [0, 0.05) is 16.0 Å². The predicted molar refractivity (Wildman–Crippen MR) is 107 cm³/mol. The summed E-state index contributed by atoms with van der Waals surface area (Å²) < 4.78 is 7.28. The van der Waals surface area contributed by atoms with E-state index in [2.05, 4.69) is 10.4 Å². The zero-order valence-electron chi connectivity index (χ0n) is 14.8.